The maximum atomic E-state index is 13.1. The van der Waals surface area contributed by atoms with Crippen molar-refractivity contribution in [2.24, 2.45) is 23.2 Å². The van der Waals surface area contributed by atoms with E-state index < -0.39 is 11.6 Å². The molecule has 4 bridgehead atoms. The summed E-state index contributed by atoms with van der Waals surface area (Å²) in [5.74, 6) is 1.85. The van der Waals surface area contributed by atoms with Crippen LogP contribution in [0.15, 0.2) is 27.4 Å². The fourth-order valence-corrected chi connectivity index (χ4v) is 7.07. The van der Waals surface area contributed by atoms with Gasteiger partial charge in [0.15, 0.2) is 0 Å². The van der Waals surface area contributed by atoms with Gasteiger partial charge in [0.05, 0.1) is 0 Å². The number of ether oxygens (including phenoxy) is 1. The van der Waals surface area contributed by atoms with Crippen LogP contribution in [0.3, 0.4) is 0 Å². The fourth-order valence-electron chi connectivity index (χ4n) is 7.07. The summed E-state index contributed by atoms with van der Waals surface area (Å²) in [6.07, 6.45) is 6.69. The Kier molecular flexibility index (Phi) is 5.58. The van der Waals surface area contributed by atoms with E-state index in [2.05, 4.69) is 19.2 Å². The Morgan fingerprint density at radius 3 is 2.33 bits per heavy atom. The molecule has 4 aliphatic rings. The molecule has 0 spiro atoms. The number of carbonyl (C=O) groups excluding carboxylic acids is 2. The highest BCUT2D eigenvalue weighted by molar-refractivity contribution is 5.87. The highest BCUT2D eigenvalue weighted by Crippen LogP contribution is 2.60. The maximum Gasteiger partial charge on any atom is 0.336 e. The molecule has 0 unspecified atom stereocenters. The Bertz CT molecular complexity index is 1130. The summed E-state index contributed by atoms with van der Waals surface area (Å²) in [5, 5.41) is 3.63. The monoisotopic (exact) mass is 451 g/mol. The summed E-state index contributed by atoms with van der Waals surface area (Å²) in [6.45, 7) is 6.04. The van der Waals surface area contributed by atoms with Crippen molar-refractivity contribution in [1.29, 1.82) is 0 Å². The minimum atomic E-state index is -0.495. The van der Waals surface area contributed by atoms with Gasteiger partial charge in [-0.05, 0) is 92.4 Å². The summed E-state index contributed by atoms with van der Waals surface area (Å²) in [4.78, 5) is 37.6. The van der Waals surface area contributed by atoms with Crippen LogP contribution in [0.25, 0.3) is 11.0 Å². The number of carbonyl (C=O) groups is 2. The van der Waals surface area contributed by atoms with Crippen molar-refractivity contribution in [3.63, 3.8) is 0 Å². The number of benzene rings is 1. The number of nitrogens with one attached hydrogen (secondary N) is 1. The predicted molar refractivity (Wildman–Crippen MR) is 125 cm³/mol. The van der Waals surface area contributed by atoms with Crippen molar-refractivity contribution in [2.75, 3.05) is 6.54 Å². The second-order valence-electron chi connectivity index (χ2n) is 11.0. The maximum absolute atomic E-state index is 13.1. The van der Waals surface area contributed by atoms with Crippen LogP contribution in [0.5, 0.6) is 0 Å². The third kappa shape index (κ3) is 4.20. The molecule has 6 rings (SSSR count). The molecule has 176 valence electrons. The average molecular weight is 452 g/mol. The van der Waals surface area contributed by atoms with E-state index in [1.165, 1.54) is 25.3 Å². The second-order valence-corrected chi connectivity index (χ2v) is 11.0. The Hall–Kier alpha value is -2.63. The molecule has 2 aromatic rings. The van der Waals surface area contributed by atoms with Crippen LogP contribution >= 0.6 is 0 Å². The van der Waals surface area contributed by atoms with Gasteiger partial charge in [0.1, 0.15) is 18.7 Å². The largest absolute Gasteiger partial charge is 0.459 e. The smallest absolute Gasteiger partial charge is 0.336 e. The summed E-state index contributed by atoms with van der Waals surface area (Å²) in [6, 6.07) is 5.25. The van der Waals surface area contributed by atoms with Crippen molar-refractivity contribution >= 4 is 22.8 Å². The summed E-state index contributed by atoms with van der Waals surface area (Å²) >= 11 is 0. The quantitative estimate of drug-likeness (QED) is 0.512. The molecule has 1 amide bonds. The van der Waals surface area contributed by atoms with Crippen molar-refractivity contribution in [3.05, 3.63) is 45.3 Å². The van der Waals surface area contributed by atoms with Crippen LogP contribution in [-0.2, 0) is 20.9 Å². The highest BCUT2D eigenvalue weighted by atomic mass is 16.5. The molecule has 1 aromatic carbocycles. The minimum Gasteiger partial charge on any atom is -0.459 e. The zero-order chi connectivity index (χ0) is 23.3. The third-order valence-electron chi connectivity index (χ3n) is 8.14. The van der Waals surface area contributed by atoms with E-state index in [-0.39, 0.29) is 24.5 Å². The second kappa shape index (κ2) is 8.30. The van der Waals surface area contributed by atoms with Crippen molar-refractivity contribution in [3.8, 4) is 0 Å². The summed E-state index contributed by atoms with van der Waals surface area (Å²) in [5.41, 5.74) is 2.57. The van der Waals surface area contributed by atoms with Crippen LogP contribution in [0, 0.1) is 30.1 Å². The lowest BCUT2D eigenvalue weighted by molar-refractivity contribution is -0.151. The first kappa shape index (κ1) is 22.2. The molecule has 4 aliphatic carbocycles. The lowest BCUT2D eigenvalue weighted by atomic mass is 9.49. The highest BCUT2D eigenvalue weighted by Gasteiger charge is 2.54. The molecule has 0 saturated heterocycles. The number of amides is 1. The van der Waals surface area contributed by atoms with Gasteiger partial charge in [-0.1, -0.05) is 13.8 Å². The summed E-state index contributed by atoms with van der Waals surface area (Å²) < 4.78 is 10.8. The number of fused-ring (bicyclic) bond motifs is 1. The van der Waals surface area contributed by atoms with E-state index >= 15 is 0 Å². The van der Waals surface area contributed by atoms with Crippen LogP contribution in [0.1, 0.15) is 75.0 Å². The Balaban J connectivity index is 1.24. The van der Waals surface area contributed by atoms with Crippen LogP contribution in [-0.4, -0.2) is 18.4 Å². The number of aryl methyl sites for hydroxylation is 1. The van der Waals surface area contributed by atoms with Gasteiger partial charge in [-0.15, -0.1) is 0 Å². The average Bonchev–Trinajstić information content (AvgIpc) is 2.74. The number of rotatable bonds is 6. The molecule has 6 heteroatoms. The van der Waals surface area contributed by atoms with E-state index in [1.807, 2.05) is 19.1 Å². The van der Waals surface area contributed by atoms with Gasteiger partial charge in [0, 0.05) is 22.4 Å². The molecule has 1 N–H and O–H groups in total. The van der Waals surface area contributed by atoms with Gasteiger partial charge in [-0.3, -0.25) is 9.59 Å². The molecule has 4 saturated carbocycles. The van der Waals surface area contributed by atoms with Crippen LogP contribution in [0.4, 0.5) is 0 Å². The lowest BCUT2D eigenvalue weighted by Gasteiger charge is -2.55. The topological polar surface area (TPSA) is 85.6 Å². The number of hydrogen-bond acceptors (Lipinski definition) is 5. The van der Waals surface area contributed by atoms with E-state index in [0.717, 1.165) is 35.8 Å². The molecular weight excluding hydrogens is 418 g/mol. The Labute approximate surface area is 194 Å². The van der Waals surface area contributed by atoms with Gasteiger partial charge in [0.2, 0.25) is 5.91 Å². The van der Waals surface area contributed by atoms with Crippen LogP contribution < -0.4 is 10.9 Å². The minimum absolute atomic E-state index is 0.0152. The molecular formula is C27H33NO5. The standard InChI is InChI=1S/C27H33NO5/c1-15(2)21-9-22-20(8-24(29)33-23(22)4-16(21)3)14-32-25(30)13-28-26(31)27-10-17-5-18(11-27)7-19(6-17)12-27/h4,8-9,15,17-19H,5-7,10-14H2,1-3H3,(H,28,31). The zero-order valence-corrected chi connectivity index (χ0v) is 19.7. The SMILES string of the molecule is Cc1cc2oc(=O)cc(COC(=O)CNC(=O)C34CC5CC(CC(C5)C3)C4)c2cc1C(C)C. The molecule has 4 fully saturated rings. The first-order valence-corrected chi connectivity index (χ1v) is 12.2. The lowest BCUT2D eigenvalue weighted by Crippen LogP contribution is -2.54. The van der Waals surface area contributed by atoms with E-state index in [1.54, 1.807) is 0 Å². The van der Waals surface area contributed by atoms with Crippen molar-refractivity contribution in [2.45, 2.75) is 71.8 Å². The third-order valence-corrected chi connectivity index (χ3v) is 8.14. The van der Waals surface area contributed by atoms with E-state index in [0.29, 0.717) is 34.8 Å². The number of hydrogen-bond donors (Lipinski definition) is 1. The van der Waals surface area contributed by atoms with E-state index in [4.69, 9.17) is 9.15 Å². The Morgan fingerprint density at radius 1 is 1.09 bits per heavy atom. The van der Waals surface area contributed by atoms with Crippen LogP contribution in [0.2, 0.25) is 0 Å². The molecule has 1 heterocycles. The molecule has 0 radical (unpaired) electrons. The predicted octanol–water partition coefficient (Wildman–Crippen LogP) is 4.60. The van der Waals surface area contributed by atoms with Gasteiger partial charge in [-0.2, -0.15) is 0 Å². The molecule has 33 heavy (non-hydrogen) atoms. The summed E-state index contributed by atoms with van der Waals surface area (Å²) in [7, 11) is 0. The molecule has 0 aliphatic heterocycles. The van der Waals surface area contributed by atoms with Gasteiger partial charge < -0.3 is 14.5 Å². The van der Waals surface area contributed by atoms with Gasteiger partial charge >= 0.3 is 11.6 Å². The zero-order valence-electron chi connectivity index (χ0n) is 19.7. The molecule has 6 nitrogen and oxygen atoms in total. The van der Waals surface area contributed by atoms with E-state index in [9.17, 15) is 14.4 Å². The fraction of sp³-hybridized carbons (Fsp3) is 0.593. The number of esters is 1. The van der Waals surface area contributed by atoms with Crippen molar-refractivity contribution < 1.29 is 18.7 Å². The Morgan fingerprint density at radius 2 is 1.73 bits per heavy atom. The first-order valence-electron chi connectivity index (χ1n) is 12.2. The molecule has 0 atom stereocenters. The van der Waals surface area contributed by atoms with Gasteiger partial charge in [-0.25, -0.2) is 4.79 Å². The van der Waals surface area contributed by atoms with Crippen molar-refractivity contribution in [1.82, 2.24) is 5.32 Å². The first-order chi connectivity index (χ1) is 15.7. The normalized spacial score (nSPS) is 27.8. The van der Waals surface area contributed by atoms with Gasteiger partial charge in [0.25, 0.3) is 0 Å². The molecule has 1 aromatic heterocycles.